The topological polar surface area (TPSA) is 36.4 Å². The molecule has 1 aliphatic rings. The van der Waals surface area contributed by atoms with Crippen LogP contribution in [0.2, 0.25) is 0 Å². The third-order valence-corrected chi connectivity index (χ3v) is 6.31. The molecule has 0 saturated heterocycles. The number of benzene rings is 1. The molecule has 1 aromatic carbocycles. The summed E-state index contributed by atoms with van der Waals surface area (Å²) < 4.78 is 2.17. The number of aromatic nitrogens is 1. The van der Waals surface area contributed by atoms with Crippen molar-refractivity contribution in [3.63, 3.8) is 0 Å². The minimum Gasteiger partial charge on any atom is -0.309 e. The maximum absolute atomic E-state index is 13.2. The molecule has 1 fully saturated rings. The van der Waals surface area contributed by atoms with Gasteiger partial charge in [-0.2, -0.15) is 0 Å². The molecule has 0 aliphatic heterocycles. The molecular formula is C19H27BrClN3OS. The van der Waals surface area contributed by atoms with E-state index in [0.717, 1.165) is 52.2 Å². The number of carbonyl (C=O) groups excluding carboxylic acids is 1. The van der Waals surface area contributed by atoms with E-state index in [2.05, 4.69) is 41.0 Å². The zero-order valence-electron chi connectivity index (χ0n) is 15.4. The molecule has 1 aliphatic carbocycles. The number of fused-ring (bicyclic) bond motifs is 1. The van der Waals surface area contributed by atoms with Crippen LogP contribution >= 0.6 is 39.7 Å². The SMILES string of the molecule is CN(C)CCCN(C(=O)C1CCCCC1)c1nc2ccc(Br)cc2s1.Cl. The zero-order valence-corrected chi connectivity index (χ0v) is 18.6. The van der Waals surface area contributed by atoms with Crippen LogP contribution in [0.4, 0.5) is 5.13 Å². The average molecular weight is 461 g/mol. The predicted molar refractivity (Wildman–Crippen MR) is 117 cm³/mol. The molecule has 1 aromatic heterocycles. The fraction of sp³-hybridized carbons (Fsp3) is 0.579. The molecule has 1 amide bonds. The lowest BCUT2D eigenvalue weighted by Gasteiger charge is -2.28. The molecule has 3 rings (SSSR count). The summed E-state index contributed by atoms with van der Waals surface area (Å²) in [5.74, 6) is 0.448. The van der Waals surface area contributed by atoms with E-state index in [0.29, 0.717) is 0 Å². The lowest BCUT2D eigenvalue weighted by Crippen LogP contribution is -2.38. The van der Waals surface area contributed by atoms with Crippen LogP contribution in [0.15, 0.2) is 22.7 Å². The minimum atomic E-state index is 0. The lowest BCUT2D eigenvalue weighted by molar-refractivity contribution is -0.123. The summed E-state index contributed by atoms with van der Waals surface area (Å²) in [5.41, 5.74) is 0.970. The molecule has 7 heteroatoms. The molecule has 2 aromatic rings. The van der Waals surface area contributed by atoms with Gasteiger partial charge in [0.15, 0.2) is 5.13 Å². The van der Waals surface area contributed by atoms with Crippen LogP contribution in [-0.4, -0.2) is 43.0 Å². The summed E-state index contributed by atoms with van der Waals surface area (Å²) in [6.07, 6.45) is 6.63. The van der Waals surface area contributed by atoms with Gasteiger partial charge in [-0.1, -0.05) is 46.5 Å². The van der Waals surface area contributed by atoms with Gasteiger partial charge < -0.3 is 4.90 Å². The van der Waals surface area contributed by atoms with Crippen LogP contribution in [0.3, 0.4) is 0 Å². The summed E-state index contributed by atoms with van der Waals surface area (Å²) in [5, 5.41) is 0.849. The van der Waals surface area contributed by atoms with E-state index in [9.17, 15) is 4.79 Å². The highest BCUT2D eigenvalue weighted by Gasteiger charge is 2.28. The number of halogens is 2. The molecule has 144 valence electrons. The average Bonchev–Trinajstić information content (AvgIpc) is 3.01. The highest BCUT2D eigenvalue weighted by molar-refractivity contribution is 9.10. The van der Waals surface area contributed by atoms with Crippen molar-refractivity contribution in [3.8, 4) is 0 Å². The van der Waals surface area contributed by atoms with Gasteiger partial charge in [-0.25, -0.2) is 4.98 Å². The normalized spacial score (nSPS) is 15.2. The van der Waals surface area contributed by atoms with Crippen LogP contribution in [0.25, 0.3) is 10.2 Å². The Morgan fingerprint density at radius 3 is 2.65 bits per heavy atom. The maximum Gasteiger partial charge on any atom is 0.231 e. The molecule has 0 N–H and O–H groups in total. The molecule has 0 radical (unpaired) electrons. The third kappa shape index (κ3) is 5.41. The van der Waals surface area contributed by atoms with E-state index in [-0.39, 0.29) is 24.2 Å². The van der Waals surface area contributed by atoms with Gasteiger partial charge in [0.05, 0.1) is 10.2 Å². The second-order valence-electron chi connectivity index (χ2n) is 7.09. The van der Waals surface area contributed by atoms with Crippen molar-refractivity contribution in [3.05, 3.63) is 22.7 Å². The van der Waals surface area contributed by atoms with Crippen molar-refractivity contribution in [2.24, 2.45) is 5.92 Å². The summed E-state index contributed by atoms with van der Waals surface area (Å²) in [7, 11) is 4.14. The first-order valence-corrected chi connectivity index (χ1v) is 10.7. The van der Waals surface area contributed by atoms with E-state index in [4.69, 9.17) is 4.98 Å². The number of amides is 1. The number of hydrogen-bond acceptors (Lipinski definition) is 4. The van der Waals surface area contributed by atoms with Crippen molar-refractivity contribution < 1.29 is 4.79 Å². The molecule has 0 atom stereocenters. The third-order valence-electron chi connectivity index (χ3n) is 4.78. The van der Waals surface area contributed by atoms with Gasteiger partial charge in [0.25, 0.3) is 0 Å². The first-order valence-electron chi connectivity index (χ1n) is 9.07. The number of anilines is 1. The largest absolute Gasteiger partial charge is 0.309 e. The Bertz CT molecular complexity index is 731. The van der Waals surface area contributed by atoms with Gasteiger partial charge in [0.1, 0.15) is 0 Å². The minimum absolute atomic E-state index is 0. The van der Waals surface area contributed by atoms with E-state index in [1.807, 2.05) is 17.0 Å². The number of carbonyl (C=O) groups is 1. The molecule has 1 saturated carbocycles. The van der Waals surface area contributed by atoms with Crippen LogP contribution in [0.1, 0.15) is 38.5 Å². The Balaban J connectivity index is 0.00000243. The number of hydrogen-bond donors (Lipinski definition) is 0. The highest BCUT2D eigenvalue weighted by atomic mass is 79.9. The van der Waals surface area contributed by atoms with E-state index in [1.54, 1.807) is 11.3 Å². The van der Waals surface area contributed by atoms with Crippen LogP contribution in [0.5, 0.6) is 0 Å². The van der Waals surface area contributed by atoms with Crippen molar-refractivity contribution >= 4 is 60.9 Å². The highest BCUT2D eigenvalue weighted by Crippen LogP contribution is 2.33. The number of thiazole rings is 1. The number of rotatable bonds is 6. The monoisotopic (exact) mass is 459 g/mol. The van der Waals surface area contributed by atoms with Crippen molar-refractivity contribution in [1.82, 2.24) is 9.88 Å². The predicted octanol–water partition coefficient (Wildman–Crippen LogP) is 5.35. The van der Waals surface area contributed by atoms with Gasteiger partial charge >= 0.3 is 0 Å². The van der Waals surface area contributed by atoms with Crippen molar-refractivity contribution in [2.75, 3.05) is 32.1 Å². The van der Waals surface area contributed by atoms with Crippen molar-refractivity contribution in [2.45, 2.75) is 38.5 Å². The van der Waals surface area contributed by atoms with Crippen LogP contribution < -0.4 is 4.90 Å². The molecule has 0 unspecified atom stereocenters. The Labute approximate surface area is 174 Å². The first-order chi connectivity index (χ1) is 12.0. The molecule has 0 spiro atoms. The quantitative estimate of drug-likeness (QED) is 0.583. The lowest BCUT2D eigenvalue weighted by atomic mass is 9.88. The van der Waals surface area contributed by atoms with Gasteiger partial charge in [-0.05, 0) is 58.1 Å². The molecule has 0 bridgehead atoms. The summed E-state index contributed by atoms with van der Waals surface area (Å²) in [4.78, 5) is 22.1. The summed E-state index contributed by atoms with van der Waals surface area (Å²) in [6.45, 7) is 1.72. The fourth-order valence-corrected chi connectivity index (χ4v) is 4.97. The van der Waals surface area contributed by atoms with Gasteiger partial charge in [0, 0.05) is 16.9 Å². The van der Waals surface area contributed by atoms with Gasteiger partial charge in [-0.3, -0.25) is 9.69 Å². The summed E-state index contributed by atoms with van der Waals surface area (Å²) in [6, 6.07) is 6.10. The van der Waals surface area contributed by atoms with Gasteiger partial charge in [0.2, 0.25) is 5.91 Å². The second-order valence-corrected chi connectivity index (χ2v) is 9.01. The molecule has 1 heterocycles. The van der Waals surface area contributed by atoms with E-state index < -0.39 is 0 Å². The zero-order chi connectivity index (χ0) is 17.8. The molecule has 4 nitrogen and oxygen atoms in total. The Morgan fingerprint density at radius 1 is 1.23 bits per heavy atom. The van der Waals surface area contributed by atoms with E-state index in [1.165, 1.54) is 19.3 Å². The van der Waals surface area contributed by atoms with Gasteiger partial charge in [-0.15, -0.1) is 12.4 Å². The standard InChI is InChI=1S/C19H26BrN3OS.ClH/c1-22(2)11-6-12-23(18(24)14-7-4-3-5-8-14)19-21-16-10-9-15(20)13-17(16)25-19;/h9-10,13-14H,3-8,11-12H2,1-2H3;1H. The Morgan fingerprint density at radius 2 is 1.96 bits per heavy atom. The van der Waals surface area contributed by atoms with Crippen molar-refractivity contribution in [1.29, 1.82) is 0 Å². The van der Waals surface area contributed by atoms with Crippen LogP contribution in [0, 0.1) is 5.92 Å². The smallest absolute Gasteiger partial charge is 0.231 e. The Kier molecular flexibility index (Phi) is 8.33. The number of nitrogens with zero attached hydrogens (tertiary/aromatic N) is 3. The Hall–Kier alpha value is -0.690. The fourth-order valence-electron chi connectivity index (χ4n) is 3.42. The first kappa shape index (κ1) is 21.6. The van der Waals surface area contributed by atoms with E-state index >= 15 is 0 Å². The molecular weight excluding hydrogens is 434 g/mol. The van der Waals surface area contributed by atoms with Crippen LogP contribution in [-0.2, 0) is 4.79 Å². The summed E-state index contributed by atoms with van der Waals surface area (Å²) >= 11 is 5.14. The molecule has 26 heavy (non-hydrogen) atoms. The maximum atomic E-state index is 13.2. The second kappa shape index (κ2) is 10.0.